The first kappa shape index (κ1) is 23.6. The van der Waals surface area contributed by atoms with Crippen molar-refractivity contribution < 1.29 is 42.3 Å². The first-order chi connectivity index (χ1) is 12.4. The molecule has 0 unspecified atom stereocenters. The quantitative estimate of drug-likeness (QED) is 0.713. The van der Waals surface area contributed by atoms with Gasteiger partial charge in [-0.2, -0.15) is 18.1 Å². The Bertz CT molecular complexity index is 716. The first-order valence-electron chi connectivity index (χ1n) is 7.99. The lowest BCUT2D eigenvalue weighted by atomic mass is 9.87. The van der Waals surface area contributed by atoms with E-state index in [0.717, 1.165) is 0 Å². The average Bonchev–Trinajstić information content (AvgIpc) is 2.42. The van der Waals surface area contributed by atoms with E-state index in [1.165, 1.54) is 41.5 Å². The van der Waals surface area contributed by atoms with Crippen molar-refractivity contribution in [1.29, 1.82) is 0 Å². The van der Waals surface area contributed by atoms with Crippen LogP contribution in [0.4, 0.5) is 28.6 Å². The number of ether oxygens (including phenoxy) is 2. The van der Waals surface area contributed by atoms with Crippen molar-refractivity contribution in [3.8, 4) is 0 Å². The number of amides is 2. The fourth-order valence-corrected chi connectivity index (χ4v) is 1.74. The molecule has 0 bridgehead atoms. The van der Waals surface area contributed by atoms with Crippen LogP contribution in [0.25, 0.3) is 0 Å². The van der Waals surface area contributed by atoms with E-state index in [2.05, 4.69) is 9.97 Å². The van der Waals surface area contributed by atoms with Gasteiger partial charge in [-0.25, -0.2) is 19.6 Å². The summed E-state index contributed by atoms with van der Waals surface area (Å²) in [6.45, 7) is 8.67. The molecule has 1 aromatic heterocycles. The number of halogens is 3. The molecule has 1 heterocycles. The monoisotopic (exact) mass is 407 g/mol. The second kappa shape index (κ2) is 7.91. The van der Waals surface area contributed by atoms with Crippen molar-refractivity contribution >= 4 is 30.7 Å². The number of alkyl halides is 3. The molecule has 156 valence electrons. The van der Waals surface area contributed by atoms with Gasteiger partial charge in [-0.1, -0.05) is 0 Å². The number of nitrogens with zero attached hydrogens (tertiary/aromatic N) is 3. The van der Waals surface area contributed by atoms with E-state index in [9.17, 15) is 22.8 Å². The Kier molecular flexibility index (Phi) is 6.68. The van der Waals surface area contributed by atoms with Crippen molar-refractivity contribution in [3.05, 3.63) is 11.9 Å². The molecule has 1 aromatic rings. The predicted molar refractivity (Wildman–Crippen MR) is 91.8 cm³/mol. The van der Waals surface area contributed by atoms with Crippen LogP contribution in [0.1, 0.15) is 47.2 Å². The number of aromatic nitrogens is 2. The van der Waals surface area contributed by atoms with Crippen LogP contribution in [-0.2, 0) is 15.7 Å². The van der Waals surface area contributed by atoms with Gasteiger partial charge in [-0.3, -0.25) is 0 Å². The molecule has 13 heteroatoms. The third-order valence-electron chi connectivity index (χ3n) is 2.67. The van der Waals surface area contributed by atoms with E-state index >= 15 is 0 Å². The van der Waals surface area contributed by atoms with Gasteiger partial charge in [0, 0.05) is 6.20 Å². The van der Waals surface area contributed by atoms with E-state index in [1.807, 2.05) is 0 Å². The summed E-state index contributed by atoms with van der Waals surface area (Å²) in [5.41, 5.74) is -4.92. The molecule has 0 aliphatic rings. The molecule has 0 radical (unpaired) electrons. The summed E-state index contributed by atoms with van der Waals surface area (Å²) in [6, 6.07) is 0. The summed E-state index contributed by atoms with van der Waals surface area (Å²) in [5.74, 6) is -1.22. The molecule has 2 N–H and O–H groups in total. The zero-order valence-corrected chi connectivity index (χ0v) is 16.2. The minimum absolute atomic E-state index is 0.0418. The van der Waals surface area contributed by atoms with Gasteiger partial charge in [-0.05, 0) is 41.5 Å². The topological polar surface area (TPSA) is 122 Å². The minimum atomic E-state index is -5.19. The largest absolute Gasteiger partial charge is 0.509 e. The van der Waals surface area contributed by atoms with Gasteiger partial charge in [0.1, 0.15) is 11.2 Å². The smallest absolute Gasteiger partial charge is 0.443 e. The predicted octanol–water partition coefficient (Wildman–Crippen LogP) is 1.85. The Hall–Kier alpha value is -2.41. The molecule has 0 aliphatic heterocycles. The van der Waals surface area contributed by atoms with Crippen molar-refractivity contribution in [2.24, 2.45) is 0 Å². The number of carbonyl (C=O) groups excluding carboxylic acids is 2. The zero-order chi connectivity index (χ0) is 22.1. The normalized spacial score (nSPS) is 12.4. The number of imide groups is 1. The van der Waals surface area contributed by atoms with Crippen LogP contribution in [-0.4, -0.2) is 50.5 Å². The SMILES string of the molecule is CC(C)(C)OC(=O)N(C(=O)OC(C)(C)C)c1ncc(B(O)O)nc1C(F)(F)F. The maximum Gasteiger partial charge on any atom is 0.509 e. The molecule has 9 nitrogen and oxygen atoms in total. The van der Waals surface area contributed by atoms with Crippen molar-refractivity contribution in [1.82, 2.24) is 9.97 Å². The summed E-state index contributed by atoms with van der Waals surface area (Å²) in [7, 11) is -2.35. The van der Waals surface area contributed by atoms with E-state index < -0.39 is 53.8 Å². The number of hydrogen-bond donors (Lipinski definition) is 2. The maximum atomic E-state index is 13.5. The summed E-state index contributed by atoms with van der Waals surface area (Å²) in [5, 5.41) is 18.1. The lowest BCUT2D eigenvalue weighted by Crippen LogP contribution is -2.46. The summed E-state index contributed by atoms with van der Waals surface area (Å²) in [6.07, 6.45) is -7.55. The van der Waals surface area contributed by atoms with Crippen LogP contribution in [0.2, 0.25) is 0 Å². The maximum absolute atomic E-state index is 13.5. The van der Waals surface area contributed by atoms with Crippen LogP contribution >= 0.6 is 0 Å². The fourth-order valence-electron chi connectivity index (χ4n) is 1.74. The van der Waals surface area contributed by atoms with Gasteiger partial charge in [-0.15, -0.1) is 0 Å². The Labute approximate surface area is 159 Å². The number of rotatable bonds is 2. The standard InChI is InChI=1S/C15H21BF3N3O6/c1-13(2,3)27-11(23)22(12(24)28-14(4,5)6)10-9(15(17,18)19)21-8(7-20-10)16(25)26/h7,25-26H,1-6H3. The fraction of sp³-hybridized carbons (Fsp3) is 0.600. The summed E-state index contributed by atoms with van der Waals surface area (Å²) in [4.78, 5) is 31.3. The highest BCUT2D eigenvalue weighted by Gasteiger charge is 2.44. The summed E-state index contributed by atoms with van der Waals surface area (Å²) >= 11 is 0. The average molecular weight is 407 g/mol. The van der Waals surface area contributed by atoms with Crippen LogP contribution in [0.15, 0.2) is 6.20 Å². The zero-order valence-electron chi connectivity index (χ0n) is 16.2. The number of hydrogen-bond acceptors (Lipinski definition) is 8. The molecular formula is C15H21BF3N3O6. The van der Waals surface area contributed by atoms with Crippen molar-refractivity contribution in [2.45, 2.75) is 58.9 Å². The molecule has 0 saturated carbocycles. The van der Waals surface area contributed by atoms with Crippen LogP contribution in [0, 0.1) is 0 Å². The van der Waals surface area contributed by atoms with E-state index in [-0.39, 0.29) is 4.90 Å². The van der Waals surface area contributed by atoms with Gasteiger partial charge >= 0.3 is 25.5 Å². The molecule has 0 atom stereocenters. The highest BCUT2D eigenvalue weighted by atomic mass is 19.4. The van der Waals surface area contributed by atoms with E-state index in [0.29, 0.717) is 6.20 Å². The van der Waals surface area contributed by atoms with Crippen LogP contribution in [0.5, 0.6) is 0 Å². The summed E-state index contributed by atoms with van der Waals surface area (Å²) < 4.78 is 50.3. The van der Waals surface area contributed by atoms with Gasteiger partial charge < -0.3 is 19.5 Å². The minimum Gasteiger partial charge on any atom is -0.443 e. The Balaban J connectivity index is 3.60. The molecule has 0 aromatic carbocycles. The third-order valence-corrected chi connectivity index (χ3v) is 2.67. The molecule has 1 rings (SSSR count). The molecular weight excluding hydrogens is 386 g/mol. The molecule has 0 aliphatic carbocycles. The first-order valence-corrected chi connectivity index (χ1v) is 7.99. The highest BCUT2D eigenvalue weighted by Crippen LogP contribution is 2.34. The molecule has 0 saturated heterocycles. The van der Waals surface area contributed by atoms with Gasteiger partial charge in [0.25, 0.3) is 0 Å². The molecule has 0 spiro atoms. The Morgan fingerprint density at radius 2 is 1.43 bits per heavy atom. The lowest BCUT2D eigenvalue weighted by molar-refractivity contribution is -0.140. The number of carbonyl (C=O) groups is 2. The van der Waals surface area contributed by atoms with E-state index in [1.54, 1.807) is 0 Å². The lowest BCUT2D eigenvalue weighted by Gasteiger charge is -2.28. The molecule has 2 amide bonds. The highest BCUT2D eigenvalue weighted by molar-refractivity contribution is 6.57. The van der Waals surface area contributed by atoms with Crippen molar-refractivity contribution in [2.75, 3.05) is 4.90 Å². The van der Waals surface area contributed by atoms with E-state index in [4.69, 9.17) is 19.5 Å². The molecule has 28 heavy (non-hydrogen) atoms. The van der Waals surface area contributed by atoms with Gasteiger partial charge in [0.05, 0.1) is 5.59 Å². The second-order valence-electron chi connectivity index (χ2n) is 7.63. The Morgan fingerprint density at radius 3 is 1.75 bits per heavy atom. The third kappa shape index (κ3) is 6.64. The van der Waals surface area contributed by atoms with Crippen LogP contribution < -0.4 is 10.5 Å². The number of anilines is 1. The van der Waals surface area contributed by atoms with Gasteiger partial charge in [0.2, 0.25) is 0 Å². The molecule has 0 fully saturated rings. The van der Waals surface area contributed by atoms with Crippen molar-refractivity contribution in [3.63, 3.8) is 0 Å². The Morgan fingerprint density at radius 1 is 1.00 bits per heavy atom. The van der Waals surface area contributed by atoms with Crippen LogP contribution in [0.3, 0.4) is 0 Å². The second-order valence-corrected chi connectivity index (χ2v) is 7.63. The van der Waals surface area contributed by atoms with Gasteiger partial charge in [0.15, 0.2) is 11.5 Å².